The summed E-state index contributed by atoms with van der Waals surface area (Å²) in [6.07, 6.45) is 0. The minimum Gasteiger partial charge on any atom is -0.456 e. The van der Waals surface area contributed by atoms with E-state index >= 15 is 0 Å². The number of rotatable bonds is 3. The highest BCUT2D eigenvalue weighted by molar-refractivity contribution is 9.10. The molecule has 0 radical (unpaired) electrons. The molecule has 0 saturated heterocycles. The van der Waals surface area contributed by atoms with E-state index in [1.807, 2.05) is 24.3 Å². The second-order valence-corrected chi connectivity index (χ2v) is 5.50. The van der Waals surface area contributed by atoms with E-state index < -0.39 is 0 Å². The molecule has 0 bridgehead atoms. The predicted molar refractivity (Wildman–Crippen MR) is 79.5 cm³/mol. The van der Waals surface area contributed by atoms with Gasteiger partial charge in [-0.1, -0.05) is 41.9 Å². The van der Waals surface area contributed by atoms with E-state index in [-0.39, 0.29) is 0 Å². The molecule has 2 aromatic rings. The average molecular weight is 316 g/mol. The van der Waals surface area contributed by atoms with Gasteiger partial charge in [-0.2, -0.15) is 5.26 Å². The van der Waals surface area contributed by atoms with Crippen LogP contribution in [0.25, 0.3) is 0 Å². The topological polar surface area (TPSA) is 33.0 Å². The van der Waals surface area contributed by atoms with E-state index in [4.69, 9.17) is 10.00 Å². The molecule has 0 aliphatic carbocycles. The molecule has 0 fully saturated rings. The van der Waals surface area contributed by atoms with Crippen LogP contribution in [0.5, 0.6) is 11.5 Å². The largest absolute Gasteiger partial charge is 0.456 e. The minimum atomic E-state index is 0.448. The number of benzene rings is 2. The highest BCUT2D eigenvalue weighted by Gasteiger charge is 2.07. The molecule has 2 nitrogen and oxygen atoms in total. The van der Waals surface area contributed by atoms with Gasteiger partial charge >= 0.3 is 0 Å². The van der Waals surface area contributed by atoms with Gasteiger partial charge < -0.3 is 4.74 Å². The third-order valence-electron chi connectivity index (χ3n) is 2.81. The zero-order chi connectivity index (χ0) is 13.8. The fraction of sp³-hybridized carbons (Fsp3) is 0.188. The van der Waals surface area contributed by atoms with Crippen molar-refractivity contribution in [3.05, 3.63) is 58.1 Å². The van der Waals surface area contributed by atoms with Crippen molar-refractivity contribution < 1.29 is 4.74 Å². The van der Waals surface area contributed by atoms with Crippen LogP contribution in [0, 0.1) is 11.3 Å². The van der Waals surface area contributed by atoms with Gasteiger partial charge in [0, 0.05) is 4.47 Å². The van der Waals surface area contributed by atoms with E-state index in [1.165, 1.54) is 5.56 Å². The van der Waals surface area contributed by atoms with Crippen LogP contribution >= 0.6 is 15.9 Å². The van der Waals surface area contributed by atoms with Gasteiger partial charge in [0.25, 0.3) is 0 Å². The number of hydrogen-bond acceptors (Lipinski definition) is 2. The lowest BCUT2D eigenvalue weighted by atomic mass is 10.0. The minimum absolute atomic E-state index is 0.448. The van der Waals surface area contributed by atoms with Gasteiger partial charge in [-0.15, -0.1) is 0 Å². The molecule has 2 rings (SSSR count). The lowest BCUT2D eigenvalue weighted by molar-refractivity contribution is 0.480. The molecule has 0 aromatic heterocycles. The Kier molecular flexibility index (Phi) is 4.24. The van der Waals surface area contributed by atoms with Gasteiger partial charge in [0.1, 0.15) is 17.6 Å². The summed E-state index contributed by atoms with van der Waals surface area (Å²) in [7, 11) is 0. The van der Waals surface area contributed by atoms with Crippen molar-refractivity contribution in [1.29, 1.82) is 5.26 Å². The van der Waals surface area contributed by atoms with Crippen LogP contribution in [0.1, 0.15) is 30.9 Å². The first-order valence-corrected chi connectivity index (χ1v) is 6.87. The number of nitrogens with zero attached hydrogens (tertiary/aromatic N) is 1. The quantitative estimate of drug-likeness (QED) is 0.776. The number of nitriles is 1. The SMILES string of the molecule is CC(C)c1cccc(Oc2ccc(Br)cc2C#N)c1. The molecule has 0 N–H and O–H groups in total. The van der Waals surface area contributed by atoms with Crippen LogP contribution in [-0.4, -0.2) is 0 Å². The number of ether oxygens (including phenoxy) is 1. The fourth-order valence-corrected chi connectivity index (χ4v) is 2.10. The van der Waals surface area contributed by atoms with Crippen LogP contribution in [0.3, 0.4) is 0 Å². The molecule has 0 saturated carbocycles. The van der Waals surface area contributed by atoms with Crippen LogP contribution in [-0.2, 0) is 0 Å². The lowest BCUT2D eigenvalue weighted by Crippen LogP contribution is -1.91. The standard InChI is InChI=1S/C16H14BrNO/c1-11(2)12-4-3-5-15(9-12)19-16-7-6-14(17)8-13(16)10-18/h3-9,11H,1-2H3. The summed E-state index contributed by atoms with van der Waals surface area (Å²) in [6.45, 7) is 4.28. The van der Waals surface area contributed by atoms with Crippen LogP contribution in [0.4, 0.5) is 0 Å². The third-order valence-corrected chi connectivity index (χ3v) is 3.31. The maximum absolute atomic E-state index is 9.11. The maximum atomic E-state index is 9.11. The normalized spacial score (nSPS) is 10.3. The number of hydrogen-bond donors (Lipinski definition) is 0. The molecular formula is C16H14BrNO. The van der Waals surface area contributed by atoms with Crippen molar-refractivity contribution in [3.8, 4) is 17.6 Å². The van der Waals surface area contributed by atoms with E-state index in [1.54, 1.807) is 12.1 Å². The van der Waals surface area contributed by atoms with E-state index in [2.05, 4.69) is 41.9 Å². The van der Waals surface area contributed by atoms with E-state index in [0.29, 0.717) is 17.2 Å². The molecule has 0 heterocycles. The summed E-state index contributed by atoms with van der Waals surface area (Å²) in [4.78, 5) is 0. The second kappa shape index (κ2) is 5.90. The first-order valence-electron chi connectivity index (χ1n) is 6.07. The summed E-state index contributed by atoms with van der Waals surface area (Å²) in [6, 6.07) is 15.5. The van der Waals surface area contributed by atoms with Gasteiger partial charge in [0.15, 0.2) is 0 Å². The molecule has 2 aromatic carbocycles. The van der Waals surface area contributed by atoms with Gasteiger partial charge in [-0.05, 0) is 41.8 Å². The molecule has 0 unspecified atom stereocenters. The first kappa shape index (κ1) is 13.6. The molecule has 0 spiro atoms. The lowest BCUT2D eigenvalue weighted by Gasteiger charge is -2.10. The molecule has 0 aliphatic heterocycles. The first-order chi connectivity index (χ1) is 9.10. The summed E-state index contributed by atoms with van der Waals surface area (Å²) >= 11 is 3.35. The zero-order valence-corrected chi connectivity index (χ0v) is 12.4. The average Bonchev–Trinajstić information content (AvgIpc) is 2.41. The Hall–Kier alpha value is -1.79. The Morgan fingerprint density at radius 1 is 1.16 bits per heavy atom. The van der Waals surface area contributed by atoms with E-state index in [0.717, 1.165) is 10.2 Å². The molecule has 0 aliphatic rings. The van der Waals surface area contributed by atoms with E-state index in [9.17, 15) is 0 Å². The Morgan fingerprint density at radius 2 is 1.95 bits per heavy atom. The second-order valence-electron chi connectivity index (χ2n) is 4.58. The predicted octanol–water partition coefficient (Wildman–Crippen LogP) is 5.24. The van der Waals surface area contributed by atoms with Gasteiger partial charge in [0.05, 0.1) is 5.56 Å². The summed E-state index contributed by atoms with van der Waals surface area (Å²) < 4.78 is 6.67. The summed E-state index contributed by atoms with van der Waals surface area (Å²) in [5.41, 5.74) is 1.73. The van der Waals surface area contributed by atoms with Gasteiger partial charge in [-0.3, -0.25) is 0 Å². The zero-order valence-electron chi connectivity index (χ0n) is 10.9. The Bertz CT molecular complexity index is 629. The van der Waals surface area contributed by atoms with Crippen LogP contribution < -0.4 is 4.74 Å². The van der Waals surface area contributed by atoms with Crippen molar-refractivity contribution in [1.82, 2.24) is 0 Å². The van der Waals surface area contributed by atoms with Crippen molar-refractivity contribution in [2.75, 3.05) is 0 Å². The van der Waals surface area contributed by atoms with Gasteiger partial charge in [0.2, 0.25) is 0 Å². The Labute approximate surface area is 121 Å². The fourth-order valence-electron chi connectivity index (χ4n) is 1.74. The maximum Gasteiger partial charge on any atom is 0.145 e. The summed E-state index contributed by atoms with van der Waals surface area (Å²) in [5.74, 6) is 1.78. The smallest absolute Gasteiger partial charge is 0.145 e. The van der Waals surface area contributed by atoms with Crippen molar-refractivity contribution in [2.45, 2.75) is 19.8 Å². The summed E-state index contributed by atoms with van der Waals surface area (Å²) in [5, 5.41) is 9.11. The molecular weight excluding hydrogens is 302 g/mol. The molecule has 19 heavy (non-hydrogen) atoms. The molecule has 0 atom stereocenters. The number of halogens is 1. The Morgan fingerprint density at radius 3 is 2.63 bits per heavy atom. The highest BCUT2D eigenvalue weighted by Crippen LogP contribution is 2.29. The van der Waals surface area contributed by atoms with Crippen molar-refractivity contribution in [3.63, 3.8) is 0 Å². The van der Waals surface area contributed by atoms with Crippen molar-refractivity contribution >= 4 is 15.9 Å². The Balaban J connectivity index is 2.31. The highest BCUT2D eigenvalue weighted by atomic mass is 79.9. The van der Waals surface area contributed by atoms with Gasteiger partial charge in [-0.25, -0.2) is 0 Å². The molecule has 0 amide bonds. The van der Waals surface area contributed by atoms with Crippen molar-refractivity contribution in [2.24, 2.45) is 0 Å². The molecule has 3 heteroatoms. The van der Waals surface area contributed by atoms with Crippen LogP contribution in [0.15, 0.2) is 46.9 Å². The third kappa shape index (κ3) is 3.36. The van der Waals surface area contributed by atoms with Crippen LogP contribution in [0.2, 0.25) is 0 Å². The monoisotopic (exact) mass is 315 g/mol. The molecule has 96 valence electrons.